The fourth-order valence-electron chi connectivity index (χ4n) is 4.68. The number of amides is 1. The third-order valence-corrected chi connectivity index (χ3v) is 9.34. The van der Waals surface area contributed by atoms with Crippen molar-refractivity contribution in [3.8, 4) is 5.75 Å². The van der Waals surface area contributed by atoms with Crippen molar-refractivity contribution in [2.24, 2.45) is 0 Å². The van der Waals surface area contributed by atoms with E-state index in [4.69, 9.17) is 4.74 Å². The molecule has 2 unspecified atom stereocenters. The molecule has 2 aliphatic rings. The van der Waals surface area contributed by atoms with Gasteiger partial charge >= 0.3 is 0 Å². The fourth-order valence-corrected chi connectivity index (χ4v) is 7.07. The van der Waals surface area contributed by atoms with Gasteiger partial charge in [-0.1, -0.05) is 47.0 Å². The lowest BCUT2D eigenvalue weighted by molar-refractivity contribution is 0.0349. The van der Waals surface area contributed by atoms with Gasteiger partial charge in [0.05, 0.1) is 0 Å². The maximum atomic E-state index is 14.0. The van der Waals surface area contributed by atoms with Gasteiger partial charge in [0.25, 0.3) is 5.91 Å². The van der Waals surface area contributed by atoms with Gasteiger partial charge in [-0.2, -0.15) is 0 Å². The number of piperidine rings is 1. The minimum Gasteiger partial charge on any atom is -0.487 e. The molecule has 2 fully saturated rings. The molecule has 10 heteroatoms. The Morgan fingerprint density at radius 2 is 1.79 bits per heavy atom. The zero-order chi connectivity index (χ0) is 23.7. The number of nitrogens with zero attached hydrogens (tertiary/aromatic N) is 3. The van der Waals surface area contributed by atoms with E-state index in [1.165, 1.54) is 12.1 Å². The van der Waals surface area contributed by atoms with Crippen LogP contribution in [0.15, 0.2) is 51.1 Å². The topological polar surface area (TPSA) is 55.3 Å². The van der Waals surface area contributed by atoms with E-state index in [0.29, 0.717) is 18.4 Å². The van der Waals surface area contributed by atoms with E-state index in [0.717, 1.165) is 38.9 Å². The first-order valence-electron chi connectivity index (χ1n) is 11.0. The summed E-state index contributed by atoms with van der Waals surface area (Å²) in [7, 11) is 0. The molecule has 2 bridgehead atoms. The molecule has 1 aromatic heterocycles. The number of carbonyl (C=O) groups is 1. The molecule has 0 spiro atoms. The van der Waals surface area contributed by atoms with Crippen LogP contribution in [0.2, 0.25) is 0 Å². The summed E-state index contributed by atoms with van der Waals surface area (Å²) < 4.78 is 34.9. The lowest BCUT2D eigenvalue weighted by Gasteiger charge is -2.39. The Morgan fingerprint density at radius 1 is 1.09 bits per heavy atom. The van der Waals surface area contributed by atoms with Gasteiger partial charge in [0.15, 0.2) is 20.2 Å². The second-order valence-electron chi connectivity index (χ2n) is 8.41. The molecule has 0 radical (unpaired) electrons. The van der Waals surface area contributed by atoms with Crippen LogP contribution in [-0.4, -0.2) is 45.4 Å². The Labute approximate surface area is 209 Å². The molecule has 34 heavy (non-hydrogen) atoms. The minimum atomic E-state index is -0.695. The van der Waals surface area contributed by atoms with E-state index in [9.17, 15) is 13.6 Å². The molecule has 3 heterocycles. The van der Waals surface area contributed by atoms with Crippen LogP contribution in [0.4, 0.5) is 8.78 Å². The highest BCUT2D eigenvalue weighted by Gasteiger charge is 2.44. The van der Waals surface area contributed by atoms with Gasteiger partial charge in [-0.05, 0) is 48.9 Å². The molecular formula is C24H23F2N3O2S3. The summed E-state index contributed by atoms with van der Waals surface area (Å²) in [6.45, 7) is 0. The van der Waals surface area contributed by atoms with Crippen LogP contribution < -0.4 is 4.74 Å². The van der Waals surface area contributed by atoms with Crippen molar-refractivity contribution in [2.45, 2.75) is 58.3 Å². The Morgan fingerprint density at radius 3 is 2.44 bits per heavy atom. The van der Waals surface area contributed by atoms with Crippen molar-refractivity contribution in [1.82, 2.24) is 15.1 Å². The van der Waals surface area contributed by atoms with Gasteiger partial charge in [-0.15, -0.1) is 10.2 Å². The number of fused-ring (bicyclic) bond motifs is 2. The molecule has 2 saturated heterocycles. The van der Waals surface area contributed by atoms with E-state index in [1.54, 1.807) is 34.9 Å². The van der Waals surface area contributed by atoms with E-state index in [2.05, 4.69) is 10.2 Å². The van der Waals surface area contributed by atoms with Gasteiger partial charge in [0.2, 0.25) is 0 Å². The number of aromatic nitrogens is 2. The lowest BCUT2D eigenvalue weighted by Crippen LogP contribution is -2.49. The van der Waals surface area contributed by atoms with Crippen molar-refractivity contribution < 1.29 is 18.3 Å². The van der Waals surface area contributed by atoms with Crippen LogP contribution in [0.5, 0.6) is 5.75 Å². The molecule has 0 saturated carbocycles. The van der Waals surface area contributed by atoms with Crippen molar-refractivity contribution >= 4 is 40.8 Å². The number of hydrogen-bond donors (Lipinski definition) is 0. The highest BCUT2D eigenvalue weighted by Crippen LogP contribution is 2.39. The highest BCUT2D eigenvalue weighted by molar-refractivity contribution is 8.02. The minimum absolute atomic E-state index is 0.0341. The molecule has 178 valence electrons. The van der Waals surface area contributed by atoms with Crippen molar-refractivity contribution in [3.05, 3.63) is 65.2 Å². The van der Waals surface area contributed by atoms with E-state index in [-0.39, 0.29) is 29.8 Å². The number of rotatable bonds is 7. The SMILES string of the molecule is CSc1nnc(SCc2ccc(C(=O)N3C4CCC3CC(Oc3ccc(F)cc3F)C4)cc2)s1. The molecule has 0 aliphatic carbocycles. The molecule has 5 rings (SSSR count). The average molecular weight is 520 g/mol. The zero-order valence-corrected chi connectivity index (χ0v) is 20.9. The molecule has 2 aliphatic heterocycles. The molecule has 2 aromatic carbocycles. The van der Waals surface area contributed by atoms with Crippen LogP contribution in [0.3, 0.4) is 0 Å². The summed E-state index contributed by atoms with van der Waals surface area (Å²) in [5.41, 5.74) is 1.80. The normalized spacial score (nSPS) is 21.6. The molecule has 1 amide bonds. The summed E-state index contributed by atoms with van der Waals surface area (Å²) >= 11 is 4.81. The van der Waals surface area contributed by atoms with Crippen LogP contribution >= 0.6 is 34.9 Å². The summed E-state index contributed by atoms with van der Waals surface area (Å²) in [6.07, 6.45) is 4.92. The number of hydrogen-bond acceptors (Lipinski definition) is 7. The third-order valence-electron chi connectivity index (χ3n) is 6.24. The first-order valence-corrected chi connectivity index (χ1v) is 14.1. The molecule has 2 atom stereocenters. The highest BCUT2D eigenvalue weighted by atomic mass is 32.2. The monoisotopic (exact) mass is 519 g/mol. The summed E-state index contributed by atoms with van der Waals surface area (Å²) in [4.78, 5) is 15.3. The summed E-state index contributed by atoms with van der Waals surface area (Å²) in [5.74, 6) is -0.449. The van der Waals surface area contributed by atoms with Crippen LogP contribution in [0, 0.1) is 11.6 Å². The Hall–Kier alpha value is -2.17. The summed E-state index contributed by atoms with van der Waals surface area (Å²) in [6, 6.07) is 11.3. The predicted molar refractivity (Wildman–Crippen MR) is 131 cm³/mol. The predicted octanol–water partition coefficient (Wildman–Crippen LogP) is 6.05. The Bertz CT molecular complexity index is 1160. The van der Waals surface area contributed by atoms with Gasteiger partial charge in [0, 0.05) is 42.3 Å². The first kappa shape index (κ1) is 23.6. The number of carbonyl (C=O) groups excluding carboxylic acids is 1. The van der Waals surface area contributed by atoms with Gasteiger partial charge in [-0.25, -0.2) is 8.78 Å². The maximum Gasteiger partial charge on any atom is 0.254 e. The zero-order valence-electron chi connectivity index (χ0n) is 18.4. The molecule has 3 aromatic rings. The second kappa shape index (κ2) is 10.2. The van der Waals surface area contributed by atoms with Crippen molar-refractivity contribution in [3.63, 3.8) is 0 Å². The molecule has 5 nitrogen and oxygen atoms in total. The lowest BCUT2D eigenvalue weighted by atomic mass is 9.98. The molecular weight excluding hydrogens is 496 g/mol. The Balaban J connectivity index is 1.19. The van der Waals surface area contributed by atoms with Gasteiger partial charge in [-0.3, -0.25) is 4.79 Å². The number of thioether (sulfide) groups is 2. The number of ether oxygens (including phenoxy) is 1. The van der Waals surface area contributed by atoms with E-state index < -0.39 is 11.6 Å². The second-order valence-corrected chi connectivity index (χ2v) is 11.7. The van der Waals surface area contributed by atoms with Crippen LogP contribution in [-0.2, 0) is 5.75 Å². The smallest absolute Gasteiger partial charge is 0.254 e. The standard InChI is InChI=1S/C24H23F2N3O2S3/c1-32-23-27-28-24(34-23)33-13-14-2-4-15(5-3-14)22(30)29-17-7-8-18(29)12-19(11-17)31-21-9-6-16(25)10-20(21)26/h2-6,9-10,17-19H,7-8,11-13H2,1H3. The Kier molecular flexibility index (Phi) is 7.08. The third kappa shape index (κ3) is 5.08. The summed E-state index contributed by atoms with van der Waals surface area (Å²) in [5, 5.41) is 8.29. The van der Waals surface area contributed by atoms with Crippen molar-refractivity contribution in [2.75, 3.05) is 6.26 Å². The van der Waals surface area contributed by atoms with Crippen molar-refractivity contribution in [1.29, 1.82) is 0 Å². The average Bonchev–Trinajstić information content (AvgIpc) is 3.41. The maximum absolute atomic E-state index is 14.0. The largest absolute Gasteiger partial charge is 0.487 e. The van der Waals surface area contributed by atoms with Crippen LogP contribution in [0.25, 0.3) is 0 Å². The first-order chi connectivity index (χ1) is 16.5. The fraction of sp³-hybridized carbons (Fsp3) is 0.375. The van der Waals surface area contributed by atoms with E-state index in [1.807, 2.05) is 35.4 Å². The number of halogens is 2. The van der Waals surface area contributed by atoms with Crippen LogP contribution in [0.1, 0.15) is 41.6 Å². The van der Waals surface area contributed by atoms with Gasteiger partial charge in [0.1, 0.15) is 11.9 Å². The van der Waals surface area contributed by atoms with Gasteiger partial charge < -0.3 is 9.64 Å². The quantitative estimate of drug-likeness (QED) is 0.355. The molecule has 0 N–H and O–H groups in total. The van der Waals surface area contributed by atoms with E-state index >= 15 is 0 Å². The number of benzene rings is 2.